The number of hydrogen-bond acceptors (Lipinski definition) is 3. The lowest BCUT2D eigenvalue weighted by Gasteiger charge is -2.39. The normalized spacial score (nSPS) is 23.8. The van der Waals surface area contributed by atoms with E-state index in [1.807, 2.05) is 12.3 Å². The van der Waals surface area contributed by atoms with E-state index < -0.39 is 0 Å². The molecule has 2 aliphatic rings. The van der Waals surface area contributed by atoms with Crippen molar-refractivity contribution in [3.05, 3.63) is 42.1 Å². The number of pyridine rings is 1. The van der Waals surface area contributed by atoms with E-state index in [2.05, 4.69) is 46.4 Å². The number of benzene rings is 1. The SMILES string of the molecule is CC[C@H]1CN(C(=O)C2CC2)CC[C@@H]1NCc1cccc2cccnc12. The predicted octanol–water partition coefficient (Wildman–Crippen LogP) is 3.36. The number of aromatic nitrogens is 1. The average molecular weight is 337 g/mol. The summed E-state index contributed by atoms with van der Waals surface area (Å²) in [6, 6.07) is 11.0. The first-order valence-corrected chi connectivity index (χ1v) is 9.61. The first-order valence-electron chi connectivity index (χ1n) is 9.61. The molecule has 0 unspecified atom stereocenters. The summed E-state index contributed by atoms with van der Waals surface area (Å²) in [6.07, 6.45) is 6.22. The van der Waals surface area contributed by atoms with Gasteiger partial charge in [0.1, 0.15) is 0 Å². The summed E-state index contributed by atoms with van der Waals surface area (Å²) in [5.74, 6) is 1.28. The van der Waals surface area contributed by atoms with Crippen LogP contribution in [0.5, 0.6) is 0 Å². The average Bonchev–Trinajstić information content (AvgIpc) is 3.51. The number of piperidine rings is 1. The van der Waals surface area contributed by atoms with Gasteiger partial charge in [0.05, 0.1) is 5.52 Å². The molecule has 0 bridgehead atoms. The number of carbonyl (C=O) groups excluding carboxylic acids is 1. The van der Waals surface area contributed by atoms with Crippen LogP contribution in [0.4, 0.5) is 0 Å². The summed E-state index contributed by atoms with van der Waals surface area (Å²) >= 11 is 0. The van der Waals surface area contributed by atoms with E-state index in [-0.39, 0.29) is 0 Å². The van der Waals surface area contributed by atoms with Crippen LogP contribution in [0.25, 0.3) is 10.9 Å². The third-order valence-electron chi connectivity index (χ3n) is 5.77. The zero-order valence-electron chi connectivity index (χ0n) is 14.9. The van der Waals surface area contributed by atoms with Gasteiger partial charge < -0.3 is 10.2 Å². The Kier molecular flexibility index (Phi) is 4.71. The maximum atomic E-state index is 12.4. The molecule has 2 atom stereocenters. The molecule has 2 fully saturated rings. The molecule has 1 amide bonds. The molecular weight excluding hydrogens is 310 g/mol. The molecule has 1 aromatic carbocycles. The molecule has 132 valence electrons. The van der Waals surface area contributed by atoms with Gasteiger partial charge in [0.25, 0.3) is 0 Å². The summed E-state index contributed by atoms with van der Waals surface area (Å²) in [4.78, 5) is 19.0. The summed E-state index contributed by atoms with van der Waals surface area (Å²) in [5.41, 5.74) is 2.34. The zero-order valence-corrected chi connectivity index (χ0v) is 14.9. The van der Waals surface area contributed by atoms with Crippen LogP contribution in [-0.4, -0.2) is 34.9 Å². The summed E-state index contributed by atoms with van der Waals surface area (Å²) in [7, 11) is 0. The van der Waals surface area contributed by atoms with Crippen molar-refractivity contribution in [1.82, 2.24) is 15.2 Å². The van der Waals surface area contributed by atoms with Crippen LogP contribution in [0.1, 0.15) is 38.2 Å². The number of nitrogens with zero attached hydrogens (tertiary/aromatic N) is 2. The molecule has 0 radical (unpaired) electrons. The van der Waals surface area contributed by atoms with Crippen molar-refractivity contribution in [1.29, 1.82) is 0 Å². The van der Waals surface area contributed by atoms with Crippen molar-refractivity contribution in [2.24, 2.45) is 11.8 Å². The van der Waals surface area contributed by atoms with Crippen molar-refractivity contribution in [3.63, 3.8) is 0 Å². The first-order chi connectivity index (χ1) is 12.3. The monoisotopic (exact) mass is 337 g/mol. The minimum atomic E-state index is 0.337. The molecule has 4 rings (SSSR count). The number of carbonyl (C=O) groups is 1. The molecule has 2 heterocycles. The summed E-state index contributed by atoms with van der Waals surface area (Å²) < 4.78 is 0. The number of para-hydroxylation sites is 1. The Morgan fingerprint density at radius 3 is 2.88 bits per heavy atom. The van der Waals surface area contributed by atoms with Crippen LogP contribution in [0.3, 0.4) is 0 Å². The van der Waals surface area contributed by atoms with E-state index in [4.69, 9.17) is 0 Å². The molecular formula is C21H27N3O. The van der Waals surface area contributed by atoms with Gasteiger partial charge in [-0.25, -0.2) is 0 Å². The third kappa shape index (κ3) is 3.54. The van der Waals surface area contributed by atoms with E-state index >= 15 is 0 Å². The van der Waals surface area contributed by atoms with Crippen LogP contribution in [0, 0.1) is 11.8 Å². The fourth-order valence-corrected chi connectivity index (χ4v) is 4.05. The van der Waals surface area contributed by atoms with Crippen molar-refractivity contribution < 1.29 is 4.79 Å². The highest BCUT2D eigenvalue weighted by Crippen LogP contribution is 2.33. The highest BCUT2D eigenvalue weighted by Gasteiger charge is 2.37. The van der Waals surface area contributed by atoms with Crippen molar-refractivity contribution >= 4 is 16.8 Å². The lowest BCUT2D eigenvalue weighted by atomic mass is 9.89. The van der Waals surface area contributed by atoms with E-state index in [1.54, 1.807) is 0 Å². The minimum Gasteiger partial charge on any atom is -0.342 e. The van der Waals surface area contributed by atoms with Crippen LogP contribution in [0.2, 0.25) is 0 Å². The standard InChI is InChI=1S/C21H27N3O/c1-2-15-14-24(21(25)17-8-9-17)12-10-19(15)23-13-18-6-3-5-16-7-4-11-22-20(16)18/h3-7,11,15,17,19,23H,2,8-10,12-14H2,1H3/t15-,19-/m0/s1. The van der Waals surface area contributed by atoms with Crippen LogP contribution in [0.15, 0.2) is 36.5 Å². The van der Waals surface area contributed by atoms with Gasteiger partial charge in [-0.2, -0.15) is 0 Å². The van der Waals surface area contributed by atoms with Gasteiger partial charge in [-0.05, 0) is 36.8 Å². The van der Waals surface area contributed by atoms with Gasteiger partial charge >= 0.3 is 0 Å². The van der Waals surface area contributed by atoms with Crippen molar-refractivity contribution in [2.75, 3.05) is 13.1 Å². The minimum absolute atomic E-state index is 0.337. The van der Waals surface area contributed by atoms with E-state index in [0.717, 1.165) is 50.8 Å². The van der Waals surface area contributed by atoms with E-state index in [0.29, 0.717) is 23.8 Å². The van der Waals surface area contributed by atoms with Gasteiger partial charge in [0.2, 0.25) is 5.91 Å². The number of fused-ring (bicyclic) bond motifs is 1. The largest absolute Gasteiger partial charge is 0.342 e. The topological polar surface area (TPSA) is 45.2 Å². The van der Waals surface area contributed by atoms with Crippen LogP contribution < -0.4 is 5.32 Å². The summed E-state index contributed by atoms with van der Waals surface area (Å²) in [6.45, 7) is 4.89. The molecule has 1 saturated heterocycles. The molecule has 4 heteroatoms. The molecule has 1 N–H and O–H groups in total. The first kappa shape index (κ1) is 16.5. The Bertz CT molecular complexity index is 750. The Balaban J connectivity index is 1.41. The number of likely N-dealkylation sites (tertiary alicyclic amines) is 1. The van der Waals surface area contributed by atoms with Gasteiger partial charge in [-0.1, -0.05) is 37.6 Å². The van der Waals surface area contributed by atoms with Gasteiger partial charge in [0, 0.05) is 43.2 Å². The van der Waals surface area contributed by atoms with Gasteiger partial charge in [-0.3, -0.25) is 9.78 Å². The lowest BCUT2D eigenvalue weighted by molar-refractivity contribution is -0.134. The lowest BCUT2D eigenvalue weighted by Crippen LogP contribution is -2.51. The number of rotatable bonds is 5. The second-order valence-corrected chi connectivity index (χ2v) is 7.50. The van der Waals surface area contributed by atoms with Crippen molar-refractivity contribution in [2.45, 2.75) is 45.2 Å². The quantitative estimate of drug-likeness (QED) is 0.910. The molecule has 1 aliphatic carbocycles. The number of nitrogens with one attached hydrogen (secondary N) is 1. The predicted molar refractivity (Wildman–Crippen MR) is 100 cm³/mol. The Hall–Kier alpha value is -1.94. The highest BCUT2D eigenvalue weighted by atomic mass is 16.2. The zero-order chi connectivity index (χ0) is 17.2. The molecule has 2 aromatic rings. The Morgan fingerprint density at radius 2 is 2.08 bits per heavy atom. The number of amides is 1. The molecule has 1 saturated carbocycles. The second-order valence-electron chi connectivity index (χ2n) is 7.50. The van der Waals surface area contributed by atoms with Crippen LogP contribution >= 0.6 is 0 Å². The maximum absolute atomic E-state index is 12.4. The van der Waals surface area contributed by atoms with E-state index in [9.17, 15) is 4.79 Å². The smallest absolute Gasteiger partial charge is 0.225 e. The Labute approximate surface area is 149 Å². The fourth-order valence-electron chi connectivity index (χ4n) is 4.05. The highest BCUT2D eigenvalue weighted by molar-refractivity contribution is 5.82. The molecule has 0 spiro atoms. The van der Waals surface area contributed by atoms with Crippen molar-refractivity contribution in [3.8, 4) is 0 Å². The molecule has 1 aromatic heterocycles. The summed E-state index contributed by atoms with van der Waals surface area (Å²) in [5, 5.41) is 4.95. The van der Waals surface area contributed by atoms with E-state index in [1.165, 1.54) is 10.9 Å². The fraction of sp³-hybridized carbons (Fsp3) is 0.524. The Morgan fingerprint density at radius 1 is 1.24 bits per heavy atom. The van der Waals surface area contributed by atoms with Crippen LogP contribution in [-0.2, 0) is 11.3 Å². The van der Waals surface area contributed by atoms with Gasteiger partial charge in [0.15, 0.2) is 0 Å². The maximum Gasteiger partial charge on any atom is 0.225 e. The molecule has 1 aliphatic heterocycles. The molecule has 25 heavy (non-hydrogen) atoms. The second kappa shape index (κ2) is 7.12. The molecule has 4 nitrogen and oxygen atoms in total. The van der Waals surface area contributed by atoms with Gasteiger partial charge in [-0.15, -0.1) is 0 Å². The third-order valence-corrected chi connectivity index (χ3v) is 5.77. The number of hydrogen-bond donors (Lipinski definition) is 1.